The average molecular weight is 751 g/mol. The number of aromatic amines is 1. The third-order valence-corrected chi connectivity index (χ3v) is 14.2. The number of carbonyl (C=O) groups is 2. The highest BCUT2D eigenvalue weighted by molar-refractivity contribution is 6.72. The number of hydrogen-bond donors (Lipinski definition) is 2. The highest BCUT2D eigenvalue weighted by Gasteiger charge is 2.67. The van der Waals surface area contributed by atoms with Crippen LogP contribution >= 0.6 is 0 Å². The number of hydrogen-bond acceptors (Lipinski definition) is 5. The largest absolute Gasteiger partial charge is 0.394 e. The molecule has 2 amide bonds. The van der Waals surface area contributed by atoms with E-state index in [0.717, 1.165) is 29.5 Å². The van der Waals surface area contributed by atoms with Gasteiger partial charge in [-0.25, -0.2) is 4.68 Å². The van der Waals surface area contributed by atoms with Crippen molar-refractivity contribution in [3.8, 4) is 5.69 Å². The van der Waals surface area contributed by atoms with Crippen LogP contribution in [-0.4, -0.2) is 65.3 Å². The third kappa shape index (κ3) is 6.60. The number of H-pyrrole nitrogens is 1. The first-order valence-corrected chi connectivity index (χ1v) is 22.0. The number of carbonyl (C=O) groups excluding carboxylic acids is 2. The van der Waals surface area contributed by atoms with Gasteiger partial charge in [-0.1, -0.05) is 66.6 Å². The van der Waals surface area contributed by atoms with Gasteiger partial charge in [-0.2, -0.15) is 0 Å². The van der Waals surface area contributed by atoms with Crippen molar-refractivity contribution in [3.63, 3.8) is 0 Å². The van der Waals surface area contributed by atoms with E-state index in [-0.39, 0.29) is 30.4 Å². The second kappa shape index (κ2) is 14.6. The van der Waals surface area contributed by atoms with E-state index in [4.69, 9.17) is 4.74 Å². The molecule has 5 atom stereocenters. The number of ether oxygens (including phenoxy) is 1. The van der Waals surface area contributed by atoms with Crippen molar-refractivity contribution in [1.82, 2.24) is 14.7 Å². The molecule has 3 aliphatic rings. The minimum absolute atomic E-state index is 0.122. The molecule has 0 radical (unpaired) electrons. The molecule has 3 aliphatic heterocycles. The van der Waals surface area contributed by atoms with Crippen LogP contribution in [0.5, 0.6) is 0 Å². The molecule has 0 bridgehead atoms. The van der Waals surface area contributed by atoms with Gasteiger partial charge in [0.15, 0.2) is 5.60 Å². The summed E-state index contributed by atoms with van der Waals surface area (Å²) in [7, 11) is -3.58. The molecule has 54 heavy (non-hydrogen) atoms. The number of fused-ring (bicyclic) bond motifs is 4. The fourth-order valence-electron chi connectivity index (χ4n) is 9.07. The fraction of sp³-hybridized carbons (Fsp3) is 0.419. The van der Waals surface area contributed by atoms with Crippen LogP contribution in [0.1, 0.15) is 63.6 Å². The number of nitrogens with one attached hydrogen (secondary N) is 1. The van der Waals surface area contributed by atoms with Crippen LogP contribution < -0.4 is 10.5 Å². The summed E-state index contributed by atoms with van der Waals surface area (Å²) in [5.41, 5.74) is 4.43. The zero-order chi connectivity index (χ0) is 38.5. The second-order valence-electron chi connectivity index (χ2n) is 16.1. The molecule has 1 fully saturated rings. The van der Waals surface area contributed by atoms with E-state index in [0.29, 0.717) is 47.4 Å². The van der Waals surface area contributed by atoms with Crippen LogP contribution in [0.15, 0.2) is 94.8 Å². The van der Waals surface area contributed by atoms with Gasteiger partial charge in [0.05, 0.1) is 47.5 Å². The number of para-hydroxylation sites is 1. The smallest absolute Gasteiger partial charge is 0.279 e. The van der Waals surface area contributed by atoms with Crippen molar-refractivity contribution in [1.29, 1.82) is 0 Å². The molecular formula is C43H51FN4O5Si. The lowest BCUT2D eigenvalue weighted by Crippen LogP contribution is -2.48. The van der Waals surface area contributed by atoms with Crippen molar-refractivity contribution in [3.05, 3.63) is 117 Å². The molecule has 4 heterocycles. The molecule has 284 valence electrons. The van der Waals surface area contributed by atoms with Crippen LogP contribution in [0.3, 0.4) is 0 Å². The Kier molecular flexibility index (Phi) is 10.2. The lowest BCUT2D eigenvalue weighted by atomic mass is 9.82. The zero-order valence-corrected chi connectivity index (χ0v) is 33.1. The Morgan fingerprint density at radius 1 is 1.04 bits per heavy atom. The van der Waals surface area contributed by atoms with Gasteiger partial charge in [-0.15, -0.1) is 0 Å². The summed E-state index contributed by atoms with van der Waals surface area (Å²) >= 11 is 0. The van der Waals surface area contributed by atoms with E-state index in [2.05, 4.69) is 38.0 Å². The number of aromatic nitrogens is 2. The lowest BCUT2D eigenvalue weighted by Gasteiger charge is -2.37. The number of nitrogens with zero attached hydrogens (tertiary/aromatic N) is 3. The number of rotatable bonds is 10. The molecule has 1 saturated heterocycles. The van der Waals surface area contributed by atoms with E-state index in [1.54, 1.807) is 29.0 Å². The van der Waals surface area contributed by atoms with Gasteiger partial charge in [0.2, 0.25) is 14.3 Å². The van der Waals surface area contributed by atoms with Crippen molar-refractivity contribution >= 4 is 36.8 Å². The van der Waals surface area contributed by atoms with Gasteiger partial charge >= 0.3 is 0 Å². The first kappa shape index (κ1) is 37.7. The summed E-state index contributed by atoms with van der Waals surface area (Å²) in [6, 6.07) is 20.2. The Bertz CT molecular complexity index is 2210. The molecule has 3 aromatic carbocycles. The number of halogens is 1. The number of amides is 2. The van der Waals surface area contributed by atoms with Crippen molar-refractivity contribution in [2.75, 3.05) is 18.1 Å². The van der Waals surface area contributed by atoms with Crippen LogP contribution in [-0.2, 0) is 32.9 Å². The summed E-state index contributed by atoms with van der Waals surface area (Å²) in [6.07, 6.45) is 5.52. The summed E-state index contributed by atoms with van der Waals surface area (Å²) in [6.45, 7) is 11.8. The van der Waals surface area contributed by atoms with Crippen LogP contribution in [0.25, 0.3) is 16.6 Å². The van der Waals surface area contributed by atoms with Gasteiger partial charge in [0.25, 0.3) is 11.5 Å². The normalized spacial score (nSPS) is 24.0. The monoisotopic (exact) mass is 750 g/mol. The molecule has 0 saturated carbocycles. The Morgan fingerprint density at radius 2 is 1.76 bits per heavy atom. The minimum Gasteiger partial charge on any atom is -0.394 e. The van der Waals surface area contributed by atoms with Crippen LogP contribution in [0.4, 0.5) is 9.80 Å². The molecule has 2 N–H and O–H groups in total. The van der Waals surface area contributed by atoms with E-state index in [1.165, 1.54) is 10.3 Å². The maximum Gasteiger partial charge on any atom is 0.279 e. The topological polar surface area (TPSA) is 108 Å². The van der Waals surface area contributed by atoms with Gasteiger partial charge in [0.1, 0.15) is 0 Å². The maximum atomic E-state index is 16.7. The summed E-state index contributed by atoms with van der Waals surface area (Å²) in [5.74, 6) is -1.15. The Balaban J connectivity index is 1.29. The molecule has 9 nitrogen and oxygen atoms in total. The van der Waals surface area contributed by atoms with E-state index in [9.17, 15) is 14.7 Å². The van der Waals surface area contributed by atoms with Gasteiger partial charge in [0, 0.05) is 30.1 Å². The second-order valence-corrected chi connectivity index (χ2v) is 19.9. The number of benzene rings is 3. The number of anilines is 1. The maximum absolute atomic E-state index is 16.7. The first-order valence-electron chi connectivity index (χ1n) is 19.0. The van der Waals surface area contributed by atoms with Crippen molar-refractivity contribution < 1.29 is 23.5 Å². The van der Waals surface area contributed by atoms with Crippen molar-refractivity contribution in [2.45, 2.75) is 96.3 Å². The van der Waals surface area contributed by atoms with Gasteiger partial charge < -0.3 is 23.8 Å². The van der Waals surface area contributed by atoms with Crippen molar-refractivity contribution in [2.24, 2.45) is 5.92 Å². The quantitative estimate of drug-likeness (QED) is 0.0994. The minimum atomic E-state index is -3.58. The Morgan fingerprint density at radius 3 is 2.46 bits per heavy atom. The molecule has 7 rings (SSSR count). The molecule has 4 aromatic rings. The summed E-state index contributed by atoms with van der Waals surface area (Å²) in [4.78, 5) is 46.3. The Labute approximate surface area is 317 Å². The predicted molar refractivity (Wildman–Crippen MR) is 213 cm³/mol. The zero-order valence-electron chi connectivity index (χ0n) is 32.1. The summed E-state index contributed by atoms with van der Waals surface area (Å²) < 4.78 is 25.2. The SMILES string of the molecule is CC(C)=CCC/C(C)=C/CN1C(=O)[C@]2(O[C@H](CC(=O)N3Cc4ccccc4C[C@H]3CO)[C@@H]([Si](C)(C)F)[C@@H]2C)c2cc(-n3[nH]c4ccccc4c3=O)ccc21. The van der Waals surface area contributed by atoms with E-state index >= 15 is 8.90 Å². The third-order valence-electron chi connectivity index (χ3n) is 11.8. The predicted octanol–water partition coefficient (Wildman–Crippen LogP) is 7.47. The highest BCUT2D eigenvalue weighted by Crippen LogP contribution is 2.60. The van der Waals surface area contributed by atoms with Gasteiger partial charge in [-0.05, 0) is 94.6 Å². The molecule has 0 unspecified atom stereocenters. The van der Waals surface area contributed by atoms with Gasteiger partial charge in [-0.3, -0.25) is 19.5 Å². The van der Waals surface area contributed by atoms with Crippen LogP contribution in [0.2, 0.25) is 18.6 Å². The number of allylic oxidation sites excluding steroid dienone is 3. The van der Waals surface area contributed by atoms with E-state index in [1.807, 2.05) is 67.6 Å². The highest BCUT2D eigenvalue weighted by atomic mass is 28.4. The number of aliphatic hydroxyl groups excluding tert-OH is 1. The van der Waals surface area contributed by atoms with Crippen LogP contribution in [0, 0.1) is 5.92 Å². The Hall–Kier alpha value is -4.58. The van der Waals surface area contributed by atoms with E-state index < -0.39 is 37.6 Å². The molecule has 0 aliphatic carbocycles. The molecule has 1 aromatic heterocycles. The first-order chi connectivity index (χ1) is 25.7. The number of aliphatic hydroxyl groups is 1. The fourth-order valence-corrected chi connectivity index (χ4v) is 11.6. The average Bonchev–Trinajstić information content (AvgIpc) is 3.72. The molecule has 1 spiro atoms. The molecule has 11 heteroatoms. The lowest BCUT2D eigenvalue weighted by molar-refractivity contribution is -0.150. The summed E-state index contributed by atoms with van der Waals surface area (Å²) in [5, 5.41) is 14.1. The molecular weight excluding hydrogens is 700 g/mol. The standard InChI is InChI=1S/C43H51FN4O5Si/c1-27(2)12-11-13-28(3)20-21-46-37-19-18-32(48-41(51)34-16-9-10-17-36(34)45-48)23-35(37)43(42(46)52)29(4)40(54(5,6)44)38(53-43)24-39(50)47-25-31-15-8-7-14-30(31)22-33(47)26-49/h7-10,12,14-20,23,29,33,38,40,45,49H,11,13,21-22,24-26H2,1-6H3/b28-20+/t29-,33-,38+,40-,43+/m0/s1.